The molecule has 0 aliphatic carbocycles. The molecule has 29 heavy (non-hydrogen) atoms. The predicted molar refractivity (Wildman–Crippen MR) is 107 cm³/mol. The lowest BCUT2D eigenvalue weighted by Crippen LogP contribution is -2.19. The van der Waals surface area contributed by atoms with Crippen LogP contribution >= 0.6 is 0 Å². The zero-order valence-electron chi connectivity index (χ0n) is 16.4. The molecule has 0 fully saturated rings. The highest BCUT2D eigenvalue weighted by Crippen LogP contribution is 2.39. The third-order valence-electron chi connectivity index (χ3n) is 4.83. The Kier molecular flexibility index (Phi) is 6.37. The molecule has 2 aromatic heterocycles. The molecule has 2 N–H and O–H groups in total. The van der Waals surface area contributed by atoms with Gasteiger partial charge in [-0.25, -0.2) is 0 Å². The number of hydrogen-bond acceptors (Lipinski definition) is 4. The number of benzene rings is 1. The summed E-state index contributed by atoms with van der Waals surface area (Å²) in [6.07, 6.45) is -1.04. The third kappa shape index (κ3) is 5.03. The van der Waals surface area contributed by atoms with E-state index in [4.69, 9.17) is 10.5 Å². The van der Waals surface area contributed by atoms with Gasteiger partial charge >= 0.3 is 6.18 Å². The first-order chi connectivity index (χ1) is 13.8. The van der Waals surface area contributed by atoms with Crippen LogP contribution in [0.3, 0.4) is 0 Å². The molecule has 0 saturated heterocycles. The van der Waals surface area contributed by atoms with Gasteiger partial charge in [0.15, 0.2) is 0 Å². The van der Waals surface area contributed by atoms with Gasteiger partial charge in [0.05, 0.1) is 24.0 Å². The van der Waals surface area contributed by atoms with Crippen molar-refractivity contribution in [3.63, 3.8) is 0 Å². The number of pyridine rings is 2. The number of para-hydroxylation sites is 1. The summed E-state index contributed by atoms with van der Waals surface area (Å²) in [5.74, 6) is 0.112. The lowest BCUT2D eigenvalue weighted by atomic mass is 9.98. The number of nitrogens with two attached hydrogens (primary N) is 1. The molecule has 2 heterocycles. The van der Waals surface area contributed by atoms with E-state index in [1.807, 2.05) is 38.1 Å². The Morgan fingerprint density at radius 1 is 1.07 bits per heavy atom. The first-order valence-electron chi connectivity index (χ1n) is 9.53. The van der Waals surface area contributed by atoms with Crippen molar-refractivity contribution in [3.05, 3.63) is 54.4 Å². The second kappa shape index (κ2) is 8.78. The van der Waals surface area contributed by atoms with Crippen LogP contribution in [-0.4, -0.2) is 23.1 Å². The molecular weight excluding hydrogens is 379 g/mol. The number of alkyl halides is 3. The molecule has 3 rings (SSSR count). The fourth-order valence-corrected chi connectivity index (χ4v) is 3.33. The van der Waals surface area contributed by atoms with Gasteiger partial charge in [0.1, 0.15) is 11.3 Å². The lowest BCUT2D eigenvalue weighted by molar-refractivity contribution is -0.139. The van der Waals surface area contributed by atoms with Crippen LogP contribution in [0.2, 0.25) is 0 Å². The number of ether oxygens (including phenoxy) is 1. The molecule has 7 heteroatoms. The summed E-state index contributed by atoms with van der Waals surface area (Å²) in [6, 6.07) is 9.99. The van der Waals surface area contributed by atoms with Crippen molar-refractivity contribution >= 4 is 10.9 Å². The molecule has 3 aromatic rings. The van der Waals surface area contributed by atoms with E-state index in [0.29, 0.717) is 17.6 Å². The number of halogens is 3. The highest BCUT2D eigenvalue weighted by molar-refractivity contribution is 5.93. The Morgan fingerprint density at radius 3 is 2.55 bits per heavy atom. The molecular formula is C22H24F3N3O. The standard InChI is InChI=1S/C22H24F3N3O/c1-14(11-26)9-15(2)13-29-21-12-28-20(10-18(21)22(23,24)25)17-7-8-27-19-6-4-3-5-16(17)19/h3-8,10,12,14-15H,9,11,13,26H2,1-2H3. The van der Waals surface area contributed by atoms with Crippen LogP contribution in [0.1, 0.15) is 25.8 Å². The molecule has 2 atom stereocenters. The Labute approximate surface area is 167 Å². The molecule has 2 unspecified atom stereocenters. The van der Waals surface area contributed by atoms with Crippen LogP contribution in [0.25, 0.3) is 22.2 Å². The number of rotatable bonds is 7. The Bertz CT molecular complexity index is 970. The minimum absolute atomic E-state index is 0.0819. The van der Waals surface area contributed by atoms with Gasteiger partial charge in [0.2, 0.25) is 0 Å². The highest BCUT2D eigenvalue weighted by Gasteiger charge is 2.35. The van der Waals surface area contributed by atoms with Gasteiger partial charge in [-0.15, -0.1) is 0 Å². The highest BCUT2D eigenvalue weighted by atomic mass is 19.4. The van der Waals surface area contributed by atoms with Crippen LogP contribution in [0, 0.1) is 11.8 Å². The summed E-state index contributed by atoms with van der Waals surface area (Å²) in [5.41, 5.74) is 6.31. The SMILES string of the molecule is CC(CN)CC(C)COc1cnc(-c2ccnc3ccccc23)cc1C(F)(F)F. The quantitative estimate of drug-likeness (QED) is 0.580. The van der Waals surface area contributed by atoms with Crippen LogP contribution in [0.15, 0.2) is 48.8 Å². The van der Waals surface area contributed by atoms with Crippen molar-refractivity contribution in [3.8, 4) is 17.0 Å². The average Bonchev–Trinajstić information content (AvgIpc) is 2.71. The summed E-state index contributed by atoms with van der Waals surface area (Å²) in [5, 5.41) is 0.744. The summed E-state index contributed by atoms with van der Waals surface area (Å²) in [6.45, 7) is 4.65. The zero-order valence-corrected chi connectivity index (χ0v) is 16.4. The largest absolute Gasteiger partial charge is 0.491 e. The maximum Gasteiger partial charge on any atom is 0.420 e. The second-order valence-electron chi connectivity index (χ2n) is 7.43. The zero-order chi connectivity index (χ0) is 21.0. The van der Waals surface area contributed by atoms with Crippen molar-refractivity contribution in [2.75, 3.05) is 13.2 Å². The van der Waals surface area contributed by atoms with Crippen molar-refractivity contribution < 1.29 is 17.9 Å². The normalized spacial score (nSPS) is 14.0. The molecule has 154 valence electrons. The minimum Gasteiger partial charge on any atom is -0.491 e. The van der Waals surface area contributed by atoms with E-state index < -0.39 is 11.7 Å². The molecule has 0 aliphatic heterocycles. The van der Waals surface area contributed by atoms with E-state index >= 15 is 0 Å². The fourth-order valence-electron chi connectivity index (χ4n) is 3.33. The van der Waals surface area contributed by atoms with Crippen LogP contribution < -0.4 is 10.5 Å². The first kappa shape index (κ1) is 21.0. The number of fused-ring (bicyclic) bond motifs is 1. The van der Waals surface area contributed by atoms with Gasteiger partial charge in [0.25, 0.3) is 0 Å². The number of hydrogen-bond donors (Lipinski definition) is 1. The second-order valence-corrected chi connectivity index (χ2v) is 7.43. The van der Waals surface area contributed by atoms with Crippen molar-refractivity contribution in [2.45, 2.75) is 26.4 Å². The Balaban J connectivity index is 1.92. The van der Waals surface area contributed by atoms with Crippen LogP contribution in [0.4, 0.5) is 13.2 Å². The van der Waals surface area contributed by atoms with Gasteiger partial charge < -0.3 is 10.5 Å². The monoisotopic (exact) mass is 403 g/mol. The topological polar surface area (TPSA) is 61.0 Å². The Hall–Kier alpha value is -2.67. The smallest absolute Gasteiger partial charge is 0.420 e. The summed E-state index contributed by atoms with van der Waals surface area (Å²) in [4.78, 5) is 8.51. The first-order valence-corrected chi connectivity index (χ1v) is 9.53. The maximum atomic E-state index is 13.7. The molecule has 0 spiro atoms. The summed E-state index contributed by atoms with van der Waals surface area (Å²) < 4.78 is 46.6. The molecule has 0 radical (unpaired) electrons. The van der Waals surface area contributed by atoms with Crippen molar-refractivity contribution in [2.24, 2.45) is 17.6 Å². The molecule has 0 aliphatic rings. The summed E-state index contributed by atoms with van der Waals surface area (Å²) >= 11 is 0. The maximum absolute atomic E-state index is 13.7. The van der Waals surface area contributed by atoms with E-state index in [0.717, 1.165) is 24.1 Å². The average molecular weight is 403 g/mol. The summed E-state index contributed by atoms with van der Waals surface area (Å²) in [7, 11) is 0. The predicted octanol–water partition coefficient (Wildman–Crippen LogP) is 5.32. The minimum atomic E-state index is -4.55. The molecule has 0 amide bonds. The molecule has 0 saturated carbocycles. The number of aromatic nitrogens is 2. The van der Waals surface area contributed by atoms with Crippen molar-refractivity contribution in [1.29, 1.82) is 0 Å². The lowest BCUT2D eigenvalue weighted by Gasteiger charge is -2.19. The van der Waals surface area contributed by atoms with Crippen LogP contribution in [0.5, 0.6) is 5.75 Å². The van der Waals surface area contributed by atoms with Crippen LogP contribution in [-0.2, 0) is 6.18 Å². The van der Waals surface area contributed by atoms with E-state index in [2.05, 4.69) is 9.97 Å². The Morgan fingerprint density at radius 2 is 1.83 bits per heavy atom. The molecule has 1 aromatic carbocycles. The van der Waals surface area contributed by atoms with Gasteiger partial charge in [-0.2, -0.15) is 13.2 Å². The van der Waals surface area contributed by atoms with Gasteiger partial charge in [-0.1, -0.05) is 32.0 Å². The number of nitrogens with zero attached hydrogens (tertiary/aromatic N) is 2. The van der Waals surface area contributed by atoms with E-state index in [-0.39, 0.29) is 29.9 Å². The van der Waals surface area contributed by atoms with E-state index in [1.54, 1.807) is 12.3 Å². The fraction of sp³-hybridized carbons (Fsp3) is 0.364. The molecule has 4 nitrogen and oxygen atoms in total. The van der Waals surface area contributed by atoms with Gasteiger partial charge in [0, 0.05) is 17.1 Å². The van der Waals surface area contributed by atoms with E-state index in [9.17, 15) is 13.2 Å². The van der Waals surface area contributed by atoms with Gasteiger partial charge in [-0.05, 0) is 43.0 Å². The van der Waals surface area contributed by atoms with Gasteiger partial charge in [-0.3, -0.25) is 9.97 Å². The third-order valence-corrected chi connectivity index (χ3v) is 4.83. The van der Waals surface area contributed by atoms with Crippen molar-refractivity contribution in [1.82, 2.24) is 9.97 Å². The van der Waals surface area contributed by atoms with E-state index in [1.165, 1.54) is 0 Å². The molecule has 0 bridgehead atoms.